The van der Waals surface area contributed by atoms with Gasteiger partial charge in [0.15, 0.2) is 0 Å². The number of hydrogen-bond acceptors (Lipinski definition) is 5. The van der Waals surface area contributed by atoms with E-state index in [9.17, 15) is 0 Å². The third-order valence-corrected chi connectivity index (χ3v) is 3.79. The maximum Gasteiger partial charge on any atom is 0.214 e. The molecule has 0 radical (unpaired) electrons. The van der Waals surface area contributed by atoms with Crippen LogP contribution in [0.25, 0.3) is 5.69 Å². The second kappa shape index (κ2) is 6.02. The van der Waals surface area contributed by atoms with Crippen molar-refractivity contribution in [3.63, 3.8) is 0 Å². The summed E-state index contributed by atoms with van der Waals surface area (Å²) in [5.41, 5.74) is 1.87. The molecule has 7 heteroatoms. The topological polar surface area (TPSA) is 56.5 Å². The van der Waals surface area contributed by atoms with E-state index in [1.165, 1.54) is 11.8 Å². The van der Waals surface area contributed by atoms with Crippen LogP contribution in [-0.4, -0.2) is 25.2 Å². The van der Waals surface area contributed by atoms with E-state index in [0.717, 1.165) is 22.3 Å². The van der Waals surface area contributed by atoms with Gasteiger partial charge >= 0.3 is 0 Å². The van der Waals surface area contributed by atoms with Crippen LogP contribution >= 0.6 is 23.4 Å². The van der Waals surface area contributed by atoms with E-state index in [1.54, 1.807) is 10.9 Å². The Labute approximate surface area is 125 Å². The van der Waals surface area contributed by atoms with Gasteiger partial charge in [0.05, 0.1) is 11.4 Å². The van der Waals surface area contributed by atoms with Crippen LogP contribution in [0.3, 0.4) is 0 Å². The molecule has 20 heavy (non-hydrogen) atoms. The summed E-state index contributed by atoms with van der Waals surface area (Å²) >= 11 is 7.42. The largest absolute Gasteiger partial charge is 0.260 e. The molecule has 1 aromatic carbocycles. The van der Waals surface area contributed by atoms with Gasteiger partial charge in [-0.15, -0.1) is 5.10 Å². The molecule has 0 aliphatic heterocycles. The van der Waals surface area contributed by atoms with Gasteiger partial charge in [0.1, 0.15) is 0 Å². The van der Waals surface area contributed by atoms with Crippen molar-refractivity contribution in [1.82, 2.24) is 25.2 Å². The average Bonchev–Trinajstić information content (AvgIpc) is 2.95. The van der Waals surface area contributed by atoms with Gasteiger partial charge in [-0.25, -0.2) is 0 Å². The SMILES string of the molecule is Clc1ccc(-n2nnnc2SCc2ccccn2)cc1. The molecule has 0 saturated carbocycles. The fraction of sp³-hybridized carbons (Fsp3) is 0.0769. The van der Waals surface area contributed by atoms with Crippen molar-refractivity contribution in [3.8, 4) is 5.69 Å². The molecule has 5 nitrogen and oxygen atoms in total. The van der Waals surface area contributed by atoms with E-state index in [0.29, 0.717) is 5.02 Å². The van der Waals surface area contributed by atoms with Gasteiger partial charge in [-0.05, 0) is 46.8 Å². The second-order valence-corrected chi connectivity index (χ2v) is 5.34. The number of nitrogens with zero attached hydrogens (tertiary/aromatic N) is 5. The zero-order chi connectivity index (χ0) is 13.8. The van der Waals surface area contributed by atoms with Crippen LogP contribution in [0.1, 0.15) is 5.69 Å². The molecule has 0 aliphatic rings. The number of aromatic nitrogens is 5. The Morgan fingerprint density at radius 2 is 1.95 bits per heavy atom. The minimum absolute atomic E-state index is 0.685. The molecule has 0 saturated heterocycles. The third kappa shape index (κ3) is 2.97. The highest BCUT2D eigenvalue weighted by Crippen LogP contribution is 2.22. The van der Waals surface area contributed by atoms with E-state index >= 15 is 0 Å². The zero-order valence-corrected chi connectivity index (χ0v) is 11.9. The lowest BCUT2D eigenvalue weighted by atomic mass is 10.3. The van der Waals surface area contributed by atoms with Gasteiger partial charge in [0, 0.05) is 17.0 Å². The van der Waals surface area contributed by atoms with Crippen molar-refractivity contribution < 1.29 is 0 Å². The molecule has 0 aliphatic carbocycles. The van der Waals surface area contributed by atoms with Crippen LogP contribution < -0.4 is 0 Å². The van der Waals surface area contributed by atoms with Gasteiger partial charge in [-0.1, -0.05) is 29.4 Å². The van der Waals surface area contributed by atoms with Crippen LogP contribution in [0.2, 0.25) is 5.02 Å². The summed E-state index contributed by atoms with van der Waals surface area (Å²) in [4.78, 5) is 4.28. The molecule has 3 aromatic rings. The number of hydrogen-bond donors (Lipinski definition) is 0. The van der Waals surface area contributed by atoms with Crippen molar-refractivity contribution >= 4 is 23.4 Å². The molecule has 0 bridgehead atoms. The highest BCUT2D eigenvalue weighted by molar-refractivity contribution is 7.98. The van der Waals surface area contributed by atoms with E-state index < -0.39 is 0 Å². The summed E-state index contributed by atoms with van der Waals surface area (Å²) in [5, 5.41) is 13.2. The Balaban J connectivity index is 1.78. The van der Waals surface area contributed by atoms with Gasteiger partial charge in [-0.3, -0.25) is 4.98 Å². The third-order valence-electron chi connectivity index (χ3n) is 2.59. The van der Waals surface area contributed by atoms with Crippen LogP contribution in [0.15, 0.2) is 53.8 Å². The minimum atomic E-state index is 0.685. The normalized spacial score (nSPS) is 10.7. The molecule has 2 heterocycles. The lowest BCUT2D eigenvalue weighted by molar-refractivity contribution is 0.756. The lowest BCUT2D eigenvalue weighted by Crippen LogP contribution is -1.99. The number of tetrazole rings is 1. The van der Waals surface area contributed by atoms with E-state index in [4.69, 9.17) is 11.6 Å². The van der Waals surface area contributed by atoms with E-state index in [-0.39, 0.29) is 0 Å². The number of halogens is 1. The highest BCUT2D eigenvalue weighted by Gasteiger charge is 2.09. The Hall–Kier alpha value is -1.92. The zero-order valence-electron chi connectivity index (χ0n) is 10.3. The number of benzene rings is 1. The second-order valence-electron chi connectivity index (χ2n) is 3.96. The van der Waals surface area contributed by atoms with Crippen LogP contribution in [-0.2, 0) is 5.75 Å². The van der Waals surface area contributed by atoms with E-state index in [1.807, 2.05) is 42.5 Å². The quantitative estimate of drug-likeness (QED) is 0.694. The predicted molar refractivity (Wildman–Crippen MR) is 78.0 cm³/mol. The Kier molecular flexibility index (Phi) is 3.94. The summed E-state index contributed by atoms with van der Waals surface area (Å²) < 4.78 is 1.68. The molecule has 0 spiro atoms. The van der Waals surface area contributed by atoms with Crippen molar-refractivity contribution in [3.05, 3.63) is 59.4 Å². The predicted octanol–water partition coefficient (Wildman–Crippen LogP) is 3.00. The lowest BCUT2D eigenvalue weighted by Gasteiger charge is -2.04. The Morgan fingerprint density at radius 3 is 2.70 bits per heavy atom. The summed E-state index contributed by atoms with van der Waals surface area (Å²) in [6, 6.07) is 13.2. The smallest absolute Gasteiger partial charge is 0.214 e. The van der Waals surface area contributed by atoms with Crippen molar-refractivity contribution in [2.24, 2.45) is 0 Å². The maximum absolute atomic E-state index is 5.88. The maximum atomic E-state index is 5.88. The number of rotatable bonds is 4. The molecular formula is C13H10ClN5S. The Morgan fingerprint density at radius 1 is 1.10 bits per heavy atom. The minimum Gasteiger partial charge on any atom is -0.260 e. The number of thioether (sulfide) groups is 1. The molecule has 0 fully saturated rings. The van der Waals surface area contributed by atoms with Gasteiger partial charge in [0.2, 0.25) is 5.16 Å². The first kappa shape index (κ1) is 13.1. The Bertz CT molecular complexity index is 683. The standard InChI is InChI=1S/C13H10ClN5S/c14-10-4-6-12(7-5-10)19-13(16-17-18-19)20-9-11-3-1-2-8-15-11/h1-8H,9H2. The molecule has 2 aromatic heterocycles. The first-order valence-electron chi connectivity index (χ1n) is 5.90. The monoisotopic (exact) mass is 303 g/mol. The van der Waals surface area contributed by atoms with Gasteiger partial charge in [-0.2, -0.15) is 4.68 Å². The van der Waals surface area contributed by atoms with Crippen LogP contribution in [0.4, 0.5) is 0 Å². The summed E-state index contributed by atoms with van der Waals surface area (Å²) in [7, 11) is 0. The van der Waals surface area contributed by atoms with Crippen molar-refractivity contribution in [2.45, 2.75) is 10.9 Å². The molecular weight excluding hydrogens is 294 g/mol. The fourth-order valence-corrected chi connectivity index (χ4v) is 2.57. The van der Waals surface area contributed by atoms with Crippen LogP contribution in [0, 0.1) is 0 Å². The van der Waals surface area contributed by atoms with Crippen molar-refractivity contribution in [1.29, 1.82) is 0 Å². The molecule has 0 unspecified atom stereocenters. The van der Waals surface area contributed by atoms with Crippen LogP contribution in [0.5, 0.6) is 0 Å². The molecule has 0 atom stereocenters. The molecule has 0 N–H and O–H groups in total. The van der Waals surface area contributed by atoms with Gasteiger partial charge in [0.25, 0.3) is 0 Å². The first-order chi connectivity index (χ1) is 9.83. The molecule has 3 rings (SSSR count). The highest BCUT2D eigenvalue weighted by atomic mass is 35.5. The fourth-order valence-electron chi connectivity index (χ4n) is 1.64. The van der Waals surface area contributed by atoms with Crippen molar-refractivity contribution in [2.75, 3.05) is 0 Å². The summed E-state index contributed by atoms with van der Waals surface area (Å²) in [5.74, 6) is 0.717. The van der Waals surface area contributed by atoms with E-state index in [2.05, 4.69) is 20.5 Å². The number of pyridine rings is 1. The first-order valence-corrected chi connectivity index (χ1v) is 7.26. The molecule has 100 valence electrons. The van der Waals surface area contributed by atoms with Gasteiger partial charge < -0.3 is 0 Å². The summed E-state index contributed by atoms with van der Waals surface area (Å²) in [6.07, 6.45) is 1.78. The molecule has 0 amide bonds. The summed E-state index contributed by atoms with van der Waals surface area (Å²) in [6.45, 7) is 0. The average molecular weight is 304 g/mol.